The summed E-state index contributed by atoms with van der Waals surface area (Å²) in [6.07, 6.45) is 28.2. The highest BCUT2D eigenvalue weighted by atomic mass is 32.2. The van der Waals surface area contributed by atoms with Gasteiger partial charge in [0.2, 0.25) is 0 Å². The Hall–Kier alpha value is 0.110. The Morgan fingerprint density at radius 3 is 0.744 bits per heavy atom. The third-order valence-corrected chi connectivity index (χ3v) is 9.06. The minimum atomic E-state index is -0.852. The summed E-state index contributed by atoms with van der Waals surface area (Å²) in [6.45, 7) is 0. The van der Waals surface area contributed by atoms with Crippen LogP contribution in [0, 0.1) is 0 Å². The van der Waals surface area contributed by atoms with Crippen LogP contribution >= 0.6 is 11.8 Å². The molecule has 0 aromatic rings. The van der Waals surface area contributed by atoms with Crippen LogP contribution in [0.3, 0.4) is 0 Å². The van der Waals surface area contributed by atoms with Crippen molar-refractivity contribution in [2.75, 3.05) is 54.2 Å². The summed E-state index contributed by atoms with van der Waals surface area (Å²) in [7, 11) is 9.84. The van der Waals surface area contributed by atoms with Crippen molar-refractivity contribution in [2.45, 2.75) is 153 Å². The first-order chi connectivity index (χ1) is 19.1. The number of hydrogen-bond acceptors (Lipinski definition) is 7. The topological polar surface area (TPSA) is 55.4 Å². The Labute approximate surface area is 247 Å². The molecule has 0 atom stereocenters. The molecule has 236 valence electrons. The average Bonchev–Trinajstić information content (AvgIpc) is 2.97. The summed E-state index contributed by atoms with van der Waals surface area (Å²) in [6, 6.07) is 0. The number of unbranched alkanes of at least 4 members (excludes halogenated alkanes) is 18. The Morgan fingerprint density at radius 1 is 0.308 bits per heavy atom. The molecule has 0 aromatic heterocycles. The molecule has 39 heavy (non-hydrogen) atoms. The average molecular weight is 579 g/mol. The quantitative estimate of drug-likeness (QED) is 0.0582. The van der Waals surface area contributed by atoms with Crippen molar-refractivity contribution >= 4 is 11.8 Å². The van der Waals surface area contributed by atoms with E-state index in [9.17, 15) is 0 Å². The van der Waals surface area contributed by atoms with Gasteiger partial charge in [0.05, 0.1) is 0 Å². The van der Waals surface area contributed by atoms with Crippen molar-refractivity contribution < 1.29 is 28.4 Å². The van der Waals surface area contributed by atoms with Gasteiger partial charge in [0.15, 0.2) is 0 Å². The number of hydrogen-bond donors (Lipinski definition) is 0. The van der Waals surface area contributed by atoms with Crippen LogP contribution in [0.2, 0.25) is 0 Å². The lowest BCUT2D eigenvalue weighted by Crippen LogP contribution is -2.35. The van der Waals surface area contributed by atoms with Gasteiger partial charge in [0, 0.05) is 55.5 Å². The molecular formula is C32H66O6S. The number of methoxy groups -OCH3 is 6. The van der Waals surface area contributed by atoms with E-state index < -0.39 is 11.9 Å². The molecule has 0 N–H and O–H groups in total. The molecule has 0 fully saturated rings. The molecule has 0 rings (SSSR count). The second kappa shape index (κ2) is 28.2. The lowest BCUT2D eigenvalue weighted by atomic mass is 10.1. The first kappa shape index (κ1) is 39.1. The summed E-state index contributed by atoms with van der Waals surface area (Å²) < 4.78 is 32.1. The van der Waals surface area contributed by atoms with Crippen LogP contribution in [0.25, 0.3) is 0 Å². The predicted octanol–water partition coefficient (Wildman–Crippen LogP) is 9.49. The van der Waals surface area contributed by atoms with E-state index in [1.807, 2.05) is 0 Å². The highest BCUT2D eigenvalue weighted by Crippen LogP contribution is 2.23. The van der Waals surface area contributed by atoms with Gasteiger partial charge in [-0.15, -0.1) is 0 Å². The van der Waals surface area contributed by atoms with E-state index in [-0.39, 0.29) is 0 Å². The van der Waals surface area contributed by atoms with Gasteiger partial charge in [0.1, 0.15) is 0 Å². The fraction of sp³-hybridized carbons (Fsp3) is 1.00. The molecule has 6 nitrogen and oxygen atoms in total. The van der Waals surface area contributed by atoms with Crippen molar-refractivity contribution in [1.29, 1.82) is 0 Å². The first-order valence-electron chi connectivity index (χ1n) is 16.0. The SMILES string of the molecule is COC(CCCCCCCCCCCCSCCCCCCCCCCCCC(OC)(OC)OC)(OC)OC. The van der Waals surface area contributed by atoms with Crippen molar-refractivity contribution in [3.05, 3.63) is 0 Å². The standard InChI is InChI=1S/C32H66O6S/c1-33-31(34-2,35-3)27-23-19-15-11-7-9-13-17-21-25-29-39-30-26-22-18-14-10-8-12-16-20-24-28-32(36-4,37-5)38-6/h7-30H2,1-6H3. The maximum absolute atomic E-state index is 5.35. The van der Waals surface area contributed by atoms with Crippen molar-refractivity contribution in [1.82, 2.24) is 0 Å². The third kappa shape index (κ3) is 21.5. The van der Waals surface area contributed by atoms with Crippen molar-refractivity contribution in [3.63, 3.8) is 0 Å². The zero-order valence-electron chi connectivity index (χ0n) is 26.8. The summed E-state index contributed by atoms with van der Waals surface area (Å²) in [4.78, 5) is 0. The monoisotopic (exact) mass is 578 g/mol. The molecule has 0 unspecified atom stereocenters. The van der Waals surface area contributed by atoms with Gasteiger partial charge in [-0.25, -0.2) is 0 Å². The molecule has 0 saturated heterocycles. The maximum atomic E-state index is 5.35. The molecule has 0 aliphatic rings. The second-order valence-electron chi connectivity index (χ2n) is 10.8. The second-order valence-corrected chi connectivity index (χ2v) is 12.0. The van der Waals surface area contributed by atoms with Gasteiger partial charge < -0.3 is 28.4 Å². The minimum absolute atomic E-state index is 0.790. The molecule has 0 aliphatic heterocycles. The van der Waals surface area contributed by atoms with E-state index in [0.717, 1.165) is 25.7 Å². The van der Waals surface area contributed by atoms with Crippen LogP contribution in [0.1, 0.15) is 141 Å². The van der Waals surface area contributed by atoms with E-state index in [0.29, 0.717) is 0 Å². The number of ether oxygens (including phenoxy) is 6. The minimum Gasteiger partial charge on any atom is -0.331 e. The van der Waals surface area contributed by atoms with Crippen molar-refractivity contribution in [2.24, 2.45) is 0 Å². The zero-order valence-corrected chi connectivity index (χ0v) is 27.6. The molecule has 0 radical (unpaired) electrons. The van der Waals surface area contributed by atoms with Crippen LogP contribution in [0.15, 0.2) is 0 Å². The largest absolute Gasteiger partial charge is 0.331 e. The first-order valence-corrected chi connectivity index (χ1v) is 17.1. The Balaban J connectivity index is 3.24. The van der Waals surface area contributed by atoms with E-state index in [1.54, 1.807) is 42.7 Å². The fourth-order valence-electron chi connectivity index (χ4n) is 5.13. The van der Waals surface area contributed by atoms with Crippen LogP contribution in [-0.2, 0) is 28.4 Å². The van der Waals surface area contributed by atoms with Crippen LogP contribution in [0.4, 0.5) is 0 Å². The smallest absolute Gasteiger partial charge is 0.282 e. The maximum Gasteiger partial charge on any atom is 0.282 e. The van der Waals surface area contributed by atoms with Gasteiger partial charge in [-0.05, 0) is 37.2 Å². The lowest BCUT2D eigenvalue weighted by molar-refractivity contribution is -0.355. The highest BCUT2D eigenvalue weighted by Gasteiger charge is 2.29. The Morgan fingerprint density at radius 2 is 0.513 bits per heavy atom. The molecule has 0 amide bonds. The number of thioether (sulfide) groups is 1. The van der Waals surface area contributed by atoms with Crippen LogP contribution < -0.4 is 0 Å². The molecule has 7 heteroatoms. The molecule has 0 spiro atoms. The van der Waals surface area contributed by atoms with Gasteiger partial charge in [-0.1, -0.05) is 103 Å². The van der Waals surface area contributed by atoms with Gasteiger partial charge >= 0.3 is 0 Å². The molecular weight excluding hydrogens is 512 g/mol. The van der Waals surface area contributed by atoms with E-state index in [2.05, 4.69) is 11.8 Å². The van der Waals surface area contributed by atoms with Gasteiger partial charge in [-0.3, -0.25) is 0 Å². The molecule has 0 saturated carbocycles. The van der Waals surface area contributed by atoms with Gasteiger partial charge in [0.25, 0.3) is 11.9 Å². The van der Waals surface area contributed by atoms with E-state index in [4.69, 9.17) is 28.4 Å². The zero-order chi connectivity index (χ0) is 28.9. The highest BCUT2D eigenvalue weighted by molar-refractivity contribution is 7.99. The summed E-state index contributed by atoms with van der Waals surface area (Å²) >= 11 is 2.17. The van der Waals surface area contributed by atoms with Crippen LogP contribution in [-0.4, -0.2) is 66.1 Å². The molecule has 0 aliphatic carbocycles. The van der Waals surface area contributed by atoms with E-state index in [1.165, 1.54) is 127 Å². The molecule has 0 aromatic carbocycles. The summed E-state index contributed by atoms with van der Waals surface area (Å²) in [5, 5.41) is 0. The van der Waals surface area contributed by atoms with Gasteiger partial charge in [-0.2, -0.15) is 11.8 Å². The lowest BCUT2D eigenvalue weighted by Gasteiger charge is -2.28. The normalized spacial score (nSPS) is 12.5. The van der Waals surface area contributed by atoms with Crippen molar-refractivity contribution in [3.8, 4) is 0 Å². The molecule has 0 heterocycles. The predicted molar refractivity (Wildman–Crippen MR) is 166 cm³/mol. The fourth-order valence-corrected chi connectivity index (χ4v) is 6.15. The van der Waals surface area contributed by atoms with Crippen LogP contribution in [0.5, 0.6) is 0 Å². The third-order valence-electron chi connectivity index (χ3n) is 7.91. The Bertz CT molecular complexity index is 427. The Kier molecular flexibility index (Phi) is 28.3. The molecule has 0 bridgehead atoms. The summed E-state index contributed by atoms with van der Waals surface area (Å²) in [5.74, 6) is 1.00. The number of rotatable bonds is 32. The summed E-state index contributed by atoms with van der Waals surface area (Å²) in [5.41, 5.74) is 0. The van der Waals surface area contributed by atoms with E-state index >= 15 is 0 Å².